The maximum absolute atomic E-state index is 11.1. The molecule has 0 aliphatic carbocycles. The van der Waals surface area contributed by atoms with E-state index in [-0.39, 0.29) is 17.9 Å². The quantitative estimate of drug-likeness (QED) is 0.599. The molecule has 1 rings (SSSR count). The molecule has 1 aromatic rings. The first kappa shape index (κ1) is 14.9. The maximum Gasteiger partial charge on any atom is 0.333 e. The van der Waals surface area contributed by atoms with Crippen LogP contribution in [0.3, 0.4) is 0 Å². The van der Waals surface area contributed by atoms with E-state index in [0.29, 0.717) is 12.1 Å². The van der Waals surface area contributed by atoms with Crippen molar-refractivity contribution in [2.45, 2.75) is 39.2 Å². The summed E-state index contributed by atoms with van der Waals surface area (Å²) in [4.78, 5) is 21.4. The highest BCUT2D eigenvalue weighted by Crippen LogP contribution is 2.31. The molecule has 0 saturated carbocycles. The van der Waals surface area contributed by atoms with Crippen molar-refractivity contribution in [2.24, 2.45) is 7.05 Å². The molecule has 0 saturated heterocycles. The molecule has 2 N–H and O–H groups in total. The van der Waals surface area contributed by atoms with E-state index in [1.165, 1.54) is 4.68 Å². The van der Waals surface area contributed by atoms with Gasteiger partial charge in [-0.3, -0.25) is 14.9 Å². The SMILES string of the molecule is CCc1nn(C)c(NC(C)(C)CC(=O)O)c1[N+](=O)[O-]. The van der Waals surface area contributed by atoms with Crippen LogP contribution in [-0.4, -0.2) is 31.3 Å². The molecule has 0 spiro atoms. The van der Waals surface area contributed by atoms with E-state index in [1.807, 2.05) is 0 Å². The molecule has 19 heavy (non-hydrogen) atoms. The fraction of sp³-hybridized carbons (Fsp3) is 0.636. The first-order chi connectivity index (χ1) is 8.68. The molecule has 0 bridgehead atoms. The molecule has 0 aliphatic rings. The van der Waals surface area contributed by atoms with Crippen LogP contribution in [0.1, 0.15) is 32.9 Å². The van der Waals surface area contributed by atoms with Gasteiger partial charge in [-0.05, 0) is 20.3 Å². The lowest BCUT2D eigenvalue weighted by molar-refractivity contribution is -0.384. The number of hydrogen-bond acceptors (Lipinski definition) is 5. The molecule has 8 heteroatoms. The number of nitrogens with zero attached hydrogens (tertiary/aromatic N) is 3. The van der Waals surface area contributed by atoms with Gasteiger partial charge in [0.1, 0.15) is 5.69 Å². The zero-order valence-electron chi connectivity index (χ0n) is 11.4. The van der Waals surface area contributed by atoms with Gasteiger partial charge in [-0.25, -0.2) is 4.68 Å². The van der Waals surface area contributed by atoms with E-state index in [0.717, 1.165) is 0 Å². The van der Waals surface area contributed by atoms with E-state index in [2.05, 4.69) is 10.4 Å². The lowest BCUT2D eigenvalue weighted by Crippen LogP contribution is -2.34. The van der Waals surface area contributed by atoms with E-state index in [4.69, 9.17) is 5.11 Å². The largest absolute Gasteiger partial charge is 0.481 e. The predicted molar refractivity (Wildman–Crippen MR) is 69.2 cm³/mol. The average molecular weight is 270 g/mol. The fourth-order valence-electron chi connectivity index (χ4n) is 1.88. The molecule has 8 nitrogen and oxygen atoms in total. The van der Waals surface area contributed by atoms with Crippen LogP contribution in [0.2, 0.25) is 0 Å². The third-order valence-electron chi connectivity index (χ3n) is 2.66. The second-order valence-corrected chi connectivity index (χ2v) is 4.96. The van der Waals surface area contributed by atoms with Gasteiger partial charge in [-0.2, -0.15) is 5.10 Å². The molecule has 1 heterocycles. The monoisotopic (exact) mass is 270 g/mol. The Morgan fingerprint density at radius 3 is 2.58 bits per heavy atom. The minimum atomic E-state index is -0.974. The van der Waals surface area contributed by atoms with Crippen molar-refractivity contribution in [3.05, 3.63) is 15.8 Å². The Kier molecular flexibility index (Phi) is 4.13. The summed E-state index contributed by atoms with van der Waals surface area (Å²) < 4.78 is 1.38. The first-order valence-corrected chi connectivity index (χ1v) is 5.88. The molecular formula is C11H18N4O4. The highest BCUT2D eigenvalue weighted by atomic mass is 16.6. The molecule has 1 aromatic heterocycles. The Morgan fingerprint density at radius 2 is 2.16 bits per heavy atom. The molecule has 0 fully saturated rings. The lowest BCUT2D eigenvalue weighted by Gasteiger charge is -2.24. The van der Waals surface area contributed by atoms with Crippen molar-refractivity contribution in [3.63, 3.8) is 0 Å². The Labute approximate surface area is 110 Å². The van der Waals surface area contributed by atoms with Gasteiger partial charge in [-0.15, -0.1) is 0 Å². The summed E-state index contributed by atoms with van der Waals surface area (Å²) in [6, 6.07) is 0. The number of anilines is 1. The van der Waals surface area contributed by atoms with Crippen molar-refractivity contribution >= 4 is 17.5 Å². The van der Waals surface area contributed by atoms with Gasteiger partial charge < -0.3 is 10.4 Å². The summed E-state index contributed by atoms with van der Waals surface area (Å²) in [5.74, 6) is -0.744. The molecule has 0 unspecified atom stereocenters. The molecule has 0 aromatic carbocycles. The number of hydrogen-bond donors (Lipinski definition) is 2. The summed E-state index contributed by atoms with van der Waals surface area (Å²) >= 11 is 0. The number of aliphatic carboxylic acids is 1. The second-order valence-electron chi connectivity index (χ2n) is 4.96. The van der Waals surface area contributed by atoms with Gasteiger partial charge in [0.25, 0.3) is 0 Å². The molecule has 0 aliphatic heterocycles. The number of nitrogens with one attached hydrogen (secondary N) is 1. The number of aryl methyl sites for hydroxylation is 2. The van der Waals surface area contributed by atoms with Crippen LogP contribution >= 0.6 is 0 Å². The number of carboxylic acids is 1. The number of aromatic nitrogens is 2. The van der Waals surface area contributed by atoms with Gasteiger partial charge in [0.2, 0.25) is 5.82 Å². The van der Waals surface area contributed by atoms with E-state index in [1.54, 1.807) is 27.8 Å². The molecule has 0 atom stereocenters. The van der Waals surface area contributed by atoms with E-state index >= 15 is 0 Å². The van der Waals surface area contributed by atoms with Crippen LogP contribution in [0.15, 0.2) is 0 Å². The lowest BCUT2D eigenvalue weighted by atomic mass is 10.0. The van der Waals surface area contributed by atoms with Crippen LogP contribution in [0.25, 0.3) is 0 Å². The molecule has 0 amide bonds. The van der Waals surface area contributed by atoms with E-state index in [9.17, 15) is 14.9 Å². The highest BCUT2D eigenvalue weighted by molar-refractivity contribution is 5.70. The fourth-order valence-corrected chi connectivity index (χ4v) is 1.88. The Bertz CT molecular complexity index is 507. The average Bonchev–Trinajstić information content (AvgIpc) is 2.52. The minimum absolute atomic E-state index is 0.0940. The first-order valence-electron chi connectivity index (χ1n) is 5.88. The van der Waals surface area contributed by atoms with Gasteiger partial charge >= 0.3 is 11.7 Å². The van der Waals surface area contributed by atoms with Crippen LogP contribution in [-0.2, 0) is 18.3 Å². The second kappa shape index (κ2) is 5.25. The van der Waals surface area contributed by atoms with Crippen molar-refractivity contribution in [3.8, 4) is 0 Å². The summed E-state index contributed by atoms with van der Waals surface area (Å²) in [6.45, 7) is 5.12. The molecule has 106 valence electrons. The smallest absolute Gasteiger partial charge is 0.333 e. The summed E-state index contributed by atoms with van der Waals surface area (Å²) in [5.41, 5.74) is -0.528. The zero-order valence-corrected chi connectivity index (χ0v) is 11.4. The highest BCUT2D eigenvalue weighted by Gasteiger charge is 2.31. The number of carboxylic acid groups (broad SMARTS) is 1. The number of rotatable bonds is 6. The van der Waals surface area contributed by atoms with Gasteiger partial charge in [0.15, 0.2) is 0 Å². The van der Waals surface area contributed by atoms with Gasteiger partial charge in [0.05, 0.1) is 11.3 Å². The number of carbonyl (C=O) groups is 1. The van der Waals surface area contributed by atoms with Crippen LogP contribution in [0, 0.1) is 10.1 Å². The summed E-state index contributed by atoms with van der Waals surface area (Å²) in [6.07, 6.45) is 0.280. The standard InChI is InChI=1S/C11H18N4O4/c1-5-7-9(15(18)19)10(14(4)13-7)12-11(2,3)6-8(16)17/h12H,5-6H2,1-4H3,(H,16,17). The van der Waals surface area contributed by atoms with Gasteiger partial charge in [0, 0.05) is 12.6 Å². The van der Waals surface area contributed by atoms with Crippen molar-refractivity contribution in [2.75, 3.05) is 5.32 Å². The van der Waals surface area contributed by atoms with Crippen molar-refractivity contribution in [1.82, 2.24) is 9.78 Å². The van der Waals surface area contributed by atoms with Crippen LogP contribution in [0.5, 0.6) is 0 Å². The molecular weight excluding hydrogens is 252 g/mol. The Balaban J connectivity index is 3.17. The maximum atomic E-state index is 11.1. The van der Waals surface area contributed by atoms with Crippen LogP contribution in [0.4, 0.5) is 11.5 Å². The Morgan fingerprint density at radius 1 is 1.58 bits per heavy atom. The normalized spacial score (nSPS) is 11.4. The van der Waals surface area contributed by atoms with Gasteiger partial charge in [-0.1, -0.05) is 6.92 Å². The summed E-state index contributed by atoms with van der Waals surface area (Å²) in [5, 5.41) is 26.9. The predicted octanol–water partition coefficient (Wildman–Crippen LogP) is 1.56. The Hall–Kier alpha value is -2.12. The molecule has 0 radical (unpaired) electrons. The summed E-state index contributed by atoms with van der Waals surface area (Å²) in [7, 11) is 1.59. The third-order valence-corrected chi connectivity index (χ3v) is 2.66. The van der Waals surface area contributed by atoms with Crippen molar-refractivity contribution in [1.29, 1.82) is 0 Å². The van der Waals surface area contributed by atoms with Crippen molar-refractivity contribution < 1.29 is 14.8 Å². The number of nitro groups is 1. The minimum Gasteiger partial charge on any atom is -0.481 e. The zero-order chi connectivity index (χ0) is 14.8. The van der Waals surface area contributed by atoms with E-state index < -0.39 is 16.4 Å². The topological polar surface area (TPSA) is 110 Å². The van der Waals surface area contributed by atoms with Crippen LogP contribution < -0.4 is 5.32 Å². The third kappa shape index (κ3) is 3.43.